The summed E-state index contributed by atoms with van der Waals surface area (Å²) in [6.45, 7) is 11.0. The van der Waals surface area contributed by atoms with Crippen LogP contribution in [0.1, 0.15) is 103 Å². The van der Waals surface area contributed by atoms with Crippen LogP contribution >= 0.6 is 11.3 Å². The van der Waals surface area contributed by atoms with Crippen LogP contribution in [0.2, 0.25) is 0 Å². The molecule has 7 aromatic rings. The molecule has 9 rings (SSSR count). The number of rotatable bonds is 9. The molecule has 14 nitrogen and oxygen atoms in total. The highest BCUT2D eigenvalue weighted by Crippen LogP contribution is 2.35. The molecule has 7 heterocycles. The number of hydrogen-bond donors (Lipinski definition) is 2. The zero-order valence-corrected chi connectivity index (χ0v) is 33.7. The van der Waals surface area contributed by atoms with E-state index in [2.05, 4.69) is 82.8 Å². The predicted octanol–water partition coefficient (Wildman–Crippen LogP) is 6.59. The highest BCUT2D eigenvalue weighted by Gasteiger charge is 2.29. The van der Waals surface area contributed by atoms with Gasteiger partial charge in [0, 0.05) is 48.4 Å². The molecule has 2 N–H and O–H groups in total. The van der Waals surface area contributed by atoms with Crippen LogP contribution in [-0.2, 0) is 28.1 Å². The van der Waals surface area contributed by atoms with Gasteiger partial charge >= 0.3 is 0 Å². The minimum absolute atomic E-state index is 0.0211. The molecule has 1 atom stereocenters. The summed E-state index contributed by atoms with van der Waals surface area (Å²) in [6.07, 6.45) is 10.9. The number of piperidine rings is 2. The minimum atomic E-state index is -0.386. The molecule has 296 valence electrons. The summed E-state index contributed by atoms with van der Waals surface area (Å²) in [5.74, 6) is -0.102. The first-order chi connectivity index (χ1) is 28.0. The van der Waals surface area contributed by atoms with Crippen LogP contribution < -0.4 is 10.6 Å². The van der Waals surface area contributed by atoms with Crippen LogP contribution in [0.15, 0.2) is 78.0 Å². The molecule has 15 heteroatoms. The molecule has 58 heavy (non-hydrogen) atoms. The number of nitrogens with zero attached hydrogens (tertiary/aromatic N) is 8. The van der Waals surface area contributed by atoms with Gasteiger partial charge in [0.05, 0.1) is 33.9 Å². The number of amides is 3. The Morgan fingerprint density at radius 1 is 0.983 bits per heavy atom. The van der Waals surface area contributed by atoms with Crippen LogP contribution in [0.25, 0.3) is 32.2 Å². The smallest absolute Gasteiger partial charge is 0.292 e. The van der Waals surface area contributed by atoms with Gasteiger partial charge in [-0.25, -0.2) is 14.5 Å². The normalized spacial score (nSPS) is 17.0. The van der Waals surface area contributed by atoms with Gasteiger partial charge in [-0.15, -0.1) is 0 Å². The van der Waals surface area contributed by atoms with Gasteiger partial charge < -0.3 is 9.84 Å². The Kier molecular flexibility index (Phi) is 9.72. The second kappa shape index (κ2) is 15.0. The third-order valence-corrected chi connectivity index (χ3v) is 12.4. The Morgan fingerprint density at radius 2 is 1.78 bits per heavy atom. The van der Waals surface area contributed by atoms with E-state index in [0.29, 0.717) is 31.2 Å². The lowest BCUT2D eigenvalue weighted by Crippen LogP contribution is -2.39. The summed E-state index contributed by atoms with van der Waals surface area (Å²) in [4.78, 5) is 54.9. The number of carbonyl (C=O) groups excluding carboxylic acids is 3. The molecule has 2 aliphatic rings. The fourth-order valence-corrected chi connectivity index (χ4v) is 8.91. The zero-order chi connectivity index (χ0) is 40.1. The average molecular weight is 797 g/mol. The summed E-state index contributed by atoms with van der Waals surface area (Å²) < 4.78 is 9.35. The van der Waals surface area contributed by atoms with E-state index < -0.39 is 0 Å². The van der Waals surface area contributed by atoms with E-state index in [1.807, 2.05) is 56.7 Å². The van der Waals surface area contributed by atoms with Gasteiger partial charge in [0.1, 0.15) is 6.33 Å². The second-order valence-corrected chi connectivity index (χ2v) is 17.4. The van der Waals surface area contributed by atoms with Crippen molar-refractivity contribution in [2.75, 3.05) is 13.1 Å². The Balaban J connectivity index is 0.845. The van der Waals surface area contributed by atoms with Crippen LogP contribution in [0.5, 0.6) is 0 Å². The van der Waals surface area contributed by atoms with Gasteiger partial charge in [0.25, 0.3) is 11.7 Å². The van der Waals surface area contributed by atoms with Gasteiger partial charge in [0.15, 0.2) is 4.96 Å². The molecule has 0 aliphatic carbocycles. The van der Waals surface area contributed by atoms with Gasteiger partial charge in [0.2, 0.25) is 17.7 Å². The van der Waals surface area contributed by atoms with Crippen molar-refractivity contribution in [3.63, 3.8) is 0 Å². The van der Waals surface area contributed by atoms with Crippen LogP contribution in [0, 0.1) is 6.92 Å². The standard InChI is InChI=1S/C43H44N10O4S/c1-25-17-29(9-10-30(25)19-44-40(56)38-49-41(57-50-38)43(2,3)4)37-34-18-31(21-53(34)47-24-46-37)35-23-52-32(20-45-42(52)58-35)22-51-15-13-27(14-16-51)26-5-7-28(8-6-26)33-11-12-36(54)48-39(33)55/h5-10,17-18,20-21,23-24,27,33H,11-16,19,22H2,1-4H3,(H,44,56)(H,48,54,55). The minimum Gasteiger partial charge on any atom is -0.345 e. The number of hydrogen-bond acceptors (Lipinski definition) is 11. The Morgan fingerprint density at radius 3 is 2.52 bits per heavy atom. The number of imidazole rings is 1. The predicted molar refractivity (Wildman–Crippen MR) is 218 cm³/mol. The number of likely N-dealkylation sites (tertiary alicyclic amines) is 1. The number of imide groups is 1. The van der Waals surface area contributed by atoms with Crippen LogP contribution in [0.3, 0.4) is 0 Å². The van der Waals surface area contributed by atoms with Gasteiger partial charge in [-0.1, -0.05) is 73.7 Å². The molecular formula is C43H44N10O4S. The maximum atomic E-state index is 12.7. The lowest BCUT2D eigenvalue weighted by Gasteiger charge is -2.32. The Hall–Kier alpha value is -6.06. The Bertz CT molecular complexity index is 2680. The van der Waals surface area contributed by atoms with Crippen molar-refractivity contribution in [3.05, 3.63) is 113 Å². The quantitative estimate of drug-likeness (QED) is 0.152. The van der Waals surface area contributed by atoms with E-state index >= 15 is 0 Å². The molecule has 2 aromatic carbocycles. The van der Waals surface area contributed by atoms with Crippen molar-refractivity contribution in [2.24, 2.45) is 0 Å². The van der Waals surface area contributed by atoms with Crippen LogP contribution in [-0.4, -0.2) is 69.8 Å². The molecule has 3 amide bonds. The van der Waals surface area contributed by atoms with Crippen LogP contribution in [0.4, 0.5) is 0 Å². The van der Waals surface area contributed by atoms with E-state index in [9.17, 15) is 14.4 Å². The van der Waals surface area contributed by atoms with Crippen molar-refractivity contribution in [1.82, 2.24) is 49.7 Å². The Labute approximate surface area is 338 Å². The fraction of sp³-hybridized carbons (Fsp3) is 0.349. The molecular weight excluding hydrogens is 753 g/mol. The van der Waals surface area contributed by atoms with E-state index in [1.54, 1.807) is 17.7 Å². The van der Waals surface area contributed by atoms with Crippen molar-refractivity contribution < 1.29 is 18.9 Å². The first-order valence-corrected chi connectivity index (χ1v) is 20.5. The molecule has 0 bridgehead atoms. The highest BCUT2D eigenvalue weighted by atomic mass is 32.1. The largest absolute Gasteiger partial charge is 0.345 e. The van der Waals surface area contributed by atoms with Gasteiger partial charge in [-0.2, -0.15) is 10.1 Å². The second-order valence-electron chi connectivity index (χ2n) is 16.4. The number of nitrogens with one attached hydrogen (secondary N) is 2. The number of aromatic nitrogens is 7. The average Bonchev–Trinajstić information content (AvgIpc) is 4.03. The summed E-state index contributed by atoms with van der Waals surface area (Å²) in [5, 5.41) is 13.8. The van der Waals surface area contributed by atoms with Gasteiger partial charge in [-0.05, 0) is 79.6 Å². The summed E-state index contributed by atoms with van der Waals surface area (Å²) >= 11 is 1.65. The van der Waals surface area contributed by atoms with Crippen molar-refractivity contribution in [1.29, 1.82) is 0 Å². The maximum Gasteiger partial charge on any atom is 0.292 e. The number of thiazole rings is 1. The number of carbonyl (C=O) groups is 3. The lowest BCUT2D eigenvalue weighted by atomic mass is 9.86. The van der Waals surface area contributed by atoms with E-state index in [4.69, 9.17) is 9.51 Å². The molecule has 0 spiro atoms. The van der Waals surface area contributed by atoms with E-state index in [0.717, 1.165) is 87.0 Å². The highest BCUT2D eigenvalue weighted by molar-refractivity contribution is 7.20. The fourth-order valence-electron chi connectivity index (χ4n) is 7.95. The zero-order valence-electron chi connectivity index (χ0n) is 32.9. The summed E-state index contributed by atoms with van der Waals surface area (Å²) in [5.41, 5.74) is 8.79. The molecule has 2 fully saturated rings. The molecule has 1 unspecified atom stereocenters. The topological polar surface area (TPSA) is 165 Å². The third-order valence-electron chi connectivity index (χ3n) is 11.3. The molecule has 2 aliphatic heterocycles. The third kappa shape index (κ3) is 7.42. The first kappa shape index (κ1) is 37.5. The lowest BCUT2D eigenvalue weighted by molar-refractivity contribution is -0.134. The molecule has 0 saturated carbocycles. The number of benzene rings is 2. The molecule has 0 radical (unpaired) electrons. The maximum absolute atomic E-state index is 12.7. The molecule has 2 saturated heterocycles. The van der Waals surface area contributed by atoms with Gasteiger partial charge in [-0.3, -0.25) is 29.0 Å². The number of fused-ring (bicyclic) bond motifs is 2. The van der Waals surface area contributed by atoms with Crippen molar-refractivity contribution in [3.8, 4) is 21.7 Å². The SMILES string of the molecule is Cc1cc(-c2ncnn3cc(-c4cn5c(CN6CCC(c7ccc(C8CCC(=O)NC8=O)cc7)CC6)cnc5s4)cc23)ccc1CNC(=O)c1noc(C(C)(C)C)n1. The summed E-state index contributed by atoms with van der Waals surface area (Å²) in [7, 11) is 0. The summed E-state index contributed by atoms with van der Waals surface area (Å²) in [6, 6.07) is 16.7. The number of aryl methyl sites for hydroxylation is 1. The molecule has 5 aromatic heterocycles. The van der Waals surface area contributed by atoms with Crippen molar-refractivity contribution >= 4 is 39.5 Å². The monoisotopic (exact) mass is 796 g/mol. The van der Waals surface area contributed by atoms with E-state index in [1.165, 1.54) is 5.56 Å². The van der Waals surface area contributed by atoms with E-state index in [-0.39, 0.29) is 34.9 Å². The van der Waals surface area contributed by atoms with Crippen molar-refractivity contribution in [2.45, 2.75) is 83.7 Å². The first-order valence-electron chi connectivity index (χ1n) is 19.6.